The van der Waals surface area contributed by atoms with Gasteiger partial charge >= 0.3 is 17.9 Å². The van der Waals surface area contributed by atoms with E-state index in [1.165, 1.54) is 44.9 Å². The van der Waals surface area contributed by atoms with E-state index >= 15 is 0 Å². The zero-order valence-electron chi connectivity index (χ0n) is 51.3. The van der Waals surface area contributed by atoms with Gasteiger partial charge in [0.2, 0.25) is 0 Å². The first-order chi connectivity index (χ1) is 39.5. The van der Waals surface area contributed by atoms with Gasteiger partial charge in [-0.2, -0.15) is 0 Å². The van der Waals surface area contributed by atoms with Crippen molar-refractivity contribution in [2.24, 2.45) is 0 Å². The van der Waals surface area contributed by atoms with Crippen molar-refractivity contribution in [1.29, 1.82) is 0 Å². The van der Waals surface area contributed by atoms with Gasteiger partial charge in [0.15, 0.2) is 6.10 Å². The van der Waals surface area contributed by atoms with Crippen LogP contribution in [0.4, 0.5) is 0 Å². The minimum Gasteiger partial charge on any atom is -0.462 e. The summed E-state index contributed by atoms with van der Waals surface area (Å²) in [5.41, 5.74) is 0. The fourth-order valence-corrected chi connectivity index (χ4v) is 8.19. The maximum atomic E-state index is 12.9. The lowest BCUT2D eigenvalue weighted by molar-refractivity contribution is -0.167. The number of carbonyl (C=O) groups is 3. The molecule has 0 aromatic rings. The highest BCUT2D eigenvalue weighted by Gasteiger charge is 2.19. The Kier molecular flexibility index (Phi) is 61.9. The fourth-order valence-electron chi connectivity index (χ4n) is 8.19. The predicted molar refractivity (Wildman–Crippen MR) is 348 cm³/mol. The molecule has 448 valence electrons. The number of hydrogen-bond donors (Lipinski definition) is 0. The minimum absolute atomic E-state index is 0.104. The number of allylic oxidation sites excluding steroid dienone is 28. The minimum atomic E-state index is -0.809. The first-order valence-corrected chi connectivity index (χ1v) is 32.1. The summed E-state index contributed by atoms with van der Waals surface area (Å²) in [4.78, 5) is 38.2. The third-order valence-corrected chi connectivity index (χ3v) is 12.9. The summed E-state index contributed by atoms with van der Waals surface area (Å²) in [5, 5.41) is 0. The molecule has 1 atom stereocenters. The van der Waals surface area contributed by atoms with Gasteiger partial charge in [-0.3, -0.25) is 14.4 Å². The van der Waals surface area contributed by atoms with Crippen LogP contribution < -0.4 is 0 Å². The van der Waals surface area contributed by atoms with E-state index in [2.05, 4.69) is 191 Å². The van der Waals surface area contributed by atoms with Crippen LogP contribution in [0.1, 0.15) is 258 Å². The molecule has 0 saturated carbocycles. The van der Waals surface area contributed by atoms with E-state index in [0.717, 1.165) is 173 Å². The third-order valence-electron chi connectivity index (χ3n) is 12.9. The molecule has 0 heterocycles. The molecule has 0 radical (unpaired) electrons. The Bertz CT molecular complexity index is 1840. The van der Waals surface area contributed by atoms with Crippen LogP contribution in [0.15, 0.2) is 170 Å². The van der Waals surface area contributed by atoms with Crippen molar-refractivity contribution < 1.29 is 28.6 Å². The van der Waals surface area contributed by atoms with Crippen LogP contribution in [0.2, 0.25) is 0 Å². The molecular formula is C74H116O6. The predicted octanol–water partition coefficient (Wildman–Crippen LogP) is 22.3. The standard InChI is InChI=1S/C74H116O6/c1-4-7-10-13-16-19-22-24-26-28-30-32-33-34-35-36-37-38-39-40-41-43-44-46-48-50-52-55-58-61-64-67-73(76)79-70-71(69-78-72(75)66-63-60-57-54-21-18-15-12-9-6-3)80-74(77)68-65-62-59-56-53-51-49-47-45-42-31-29-27-25-23-20-17-14-11-8-5-2/h7-8,10-12,15-17,19-20,24-27,30-32,34-35,37-38,40-42,44,46,50,52,71H,4-6,9,13-14,18,21-23,28-29,33,36,39,43,45,47-49,51,53-70H2,1-3H3/b10-7-,11-8-,15-12-,19-16-,20-17-,26-24-,27-25-,32-30-,35-34-,38-37-,41-40-,42-31-,46-44-,52-50-. The van der Waals surface area contributed by atoms with Crippen LogP contribution in [0.3, 0.4) is 0 Å². The average molecular weight is 1100 g/mol. The molecule has 0 bridgehead atoms. The first kappa shape index (κ1) is 74.8. The van der Waals surface area contributed by atoms with E-state index in [9.17, 15) is 14.4 Å². The highest BCUT2D eigenvalue weighted by atomic mass is 16.6. The Morgan fingerprint density at radius 3 is 0.787 bits per heavy atom. The van der Waals surface area contributed by atoms with Gasteiger partial charge in [0.05, 0.1) is 0 Å². The second-order valence-corrected chi connectivity index (χ2v) is 20.5. The molecule has 0 N–H and O–H groups in total. The van der Waals surface area contributed by atoms with Crippen LogP contribution in [-0.2, 0) is 28.6 Å². The maximum absolute atomic E-state index is 12.9. The van der Waals surface area contributed by atoms with Gasteiger partial charge in [0, 0.05) is 19.3 Å². The Morgan fingerprint density at radius 2 is 0.487 bits per heavy atom. The fraction of sp³-hybridized carbons (Fsp3) is 0.581. The second kappa shape index (κ2) is 66.3. The molecule has 0 spiro atoms. The summed E-state index contributed by atoms with van der Waals surface area (Å²) < 4.78 is 16.8. The summed E-state index contributed by atoms with van der Waals surface area (Å²) in [6.45, 7) is 6.30. The summed E-state index contributed by atoms with van der Waals surface area (Å²) >= 11 is 0. The van der Waals surface area contributed by atoms with E-state index in [4.69, 9.17) is 14.2 Å². The molecule has 0 saturated heterocycles. The quantitative estimate of drug-likeness (QED) is 0.0261. The molecule has 0 rings (SSSR count). The molecule has 1 unspecified atom stereocenters. The average Bonchev–Trinajstić information content (AvgIpc) is 3.46. The van der Waals surface area contributed by atoms with Gasteiger partial charge < -0.3 is 14.2 Å². The zero-order chi connectivity index (χ0) is 57.8. The Morgan fingerprint density at radius 1 is 0.263 bits per heavy atom. The molecule has 0 amide bonds. The Labute approximate surface area is 492 Å². The van der Waals surface area contributed by atoms with Crippen molar-refractivity contribution in [2.45, 2.75) is 264 Å². The molecule has 6 nitrogen and oxygen atoms in total. The highest BCUT2D eigenvalue weighted by Crippen LogP contribution is 2.14. The number of esters is 3. The molecular weight excluding hydrogens is 985 g/mol. The van der Waals surface area contributed by atoms with E-state index in [1.54, 1.807) is 0 Å². The van der Waals surface area contributed by atoms with E-state index in [0.29, 0.717) is 19.3 Å². The smallest absolute Gasteiger partial charge is 0.306 e. The van der Waals surface area contributed by atoms with Crippen LogP contribution >= 0.6 is 0 Å². The zero-order valence-corrected chi connectivity index (χ0v) is 51.3. The van der Waals surface area contributed by atoms with Crippen LogP contribution in [-0.4, -0.2) is 37.2 Å². The molecule has 0 aliphatic heterocycles. The van der Waals surface area contributed by atoms with Crippen LogP contribution in [0.25, 0.3) is 0 Å². The summed E-state index contributed by atoms with van der Waals surface area (Å²) in [7, 11) is 0. The lowest BCUT2D eigenvalue weighted by Gasteiger charge is -2.18. The van der Waals surface area contributed by atoms with Gasteiger partial charge in [-0.05, 0) is 148 Å². The van der Waals surface area contributed by atoms with E-state index < -0.39 is 6.10 Å². The SMILES string of the molecule is CC/C=C\C/C=C\C/C=C\C/C=C\C/C=C\C/C=C\C/C=C\C/C=C\C/C=C\CCCCCC(=O)OCC(COC(=O)CCCCCCC/C=C\CCC)OC(=O)CCCCCCCCCC/C=C\C/C=C\C/C=C\C/C=C\CC. The van der Waals surface area contributed by atoms with Gasteiger partial charge in [0.25, 0.3) is 0 Å². The van der Waals surface area contributed by atoms with Gasteiger partial charge in [-0.15, -0.1) is 0 Å². The van der Waals surface area contributed by atoms with Crippen molar-refractivity contribution in [3.8, 4) is 0 Å². The second-order valence-electron chi connectivity index (χ2n) is 20.5. The first-order valence-electron chi connectivity index (χ1n) is 32.1. The molecule has 6 heteroatoms. The van der Waals surface area contributed by atoms with Crippen molar-refractivity contribution in [3.63, 3.8) is 0 Å². The number of carbonyl (C=O) groups excluding carboxylic acids is 3. The van der Waals surface area contributed by atoms with E-state index in [-0.39, 0.29) is 31.1 Å². The molecule has 0 aromatic carbocycles. The summed E-state index contributed by atoms with van der Waals surface area (Å²) in [5.74, 6) is -0.962. The van der Waals surface area contributed by atoms with Crippen molar-refractivity contribution in [1.82, 2.24) is 0 Å². The van der Waals surface area contributed by atoms with Crippen molar-refractivity contribution in [2.75, 3.05) is 13.2 Å². The van der Waals surface area contributed by atoms with E-state index in [1.807, 2.05) is 0 Å². The molecule has 0 aliphatic rings. The number of hydrogen-bond acceptors (Lipinski definition) is 6. The van der Waals surface area contributed by atoms with Crippen LogP contribution in [0, 0.1) is 0 Å². The van der Waals surface area contributed by atoms with Crippen LogP contribution in [0.5, 0.6) is 0 Å². The highest BCUT2D eigenvalue weighted by molar-refractivity contribution is 5.71. The van der Waals surface area contributed by atoms with Gasteiger partial charge in [-0.25, -0.2) is 0 Å². The summed E-state index contributed by atoms with van der Waals surface area (Å²) in [6, 6.07) is 0. The van der Waals surface area contributed by atoms with Gasteiger partial charge in [-0.1, -0.05) is 262 Å². The molecule has 80 heavy (non-hydrogen) atoms. The third kappa shape index (κ3) is 63.6. The normalized spacial score (nSPS) is 13.3. The van der Waals surface area contributed by atoms with Crippen molar-refractivity contribution >= 4 is 17.9 Å². The Balaban J connectivity index is 4.37. The molecule has 0 aliphatic carbocycles. The van der Waals surface area contributed by atoms with Gasteiger partial charge in [0.1, 0.15) is 13.2 Å². The molecule has 0 aromatic heterocycles. The topological polar surface area (TPSA) is 78.9 Å². The summed E-state index contributed by atoms with van der Waals surface area (Å²) in [6.07, 6.45) is 97.9. The Hall–Kier alpha value is -5.23. The lowest BCUT2D eigenvalue weighted by atomic mass is 10.1. The monoisotopic (exact) mass is 1100 g/mol. The lowest BCUT2D eigenvalue weighted by Crippen LogP contribution is -2.30. The maximum Gasteiger partial charge on any atom is 0.306 e. The van der Waals surface area contributed by atoms with Crippen molar-refractivity contribution in [3.05, 3.63) is 170 Å². The number of unbranched alkanes of at least 4 members (excludes halogenated alkanes) is 17. The number of rotatable bonds is 56. The number of ether oxygens (including phenoxy) is 3. The molecule has 0 fully saturated rings. The largest absolute Gasteiger partial charge is 0.462 e.